The quantitative estimate of drug-likeness (QED) is 0.694. The molecule has 0 saturated heterocycles. The van der Waals surface area contributed by atoms with Crippen LogP contribution in [0.25, 0.3) is 0 Å². The molecule has 1 aromatic carbocycles. The maximum absolute atomic E-state index is 11.4. The van der Waals surface area contributed by atoms with Crippen molar-refractivity contribution in [3.63, 3.8) is 0 Å². The van der Waals surface area contributed by atoms with Crippen LogP contribution in [0.3, 0.4) is 0 Å². The summed E-state index contributed by atoms with van der Waals surface area (Å²) in [7, 11) is -3.31. The van der Waals surface area contributed by atoms with E-state index in [2.05, 4.69) is 5.32 Å². The Bertz CT molecular complexity index is 589. The number of hydrogen-bond acceptors (Lipinski definition) is 4. The summed E-state index contributed by atoms with van der Waals surface area (Å²) in [5.74, 6) is -0.894. The SMILES string of the molecule is CS(=O)(=O)c1ccc2c(c1)CC(=O)NC2=O. The van der Waals surface area contributed by atoms with Gasteiger partial charge in [-0.3, -0.25) is 14.9 Å². The van der Waals surface area contributed by atoms with Crippen LogP contribution in [0, 0.1) is 0 Å². The summed E-state index contributed by atoms with van der Waals surface area (Å²) in [6, 6.07) is 4.17. The lowest BCUT2D eigenvalue weighted by Gasteiger charge is -2.15. The maximum Gasteiger partial charge on any atom is 0.258 e. The van der Waals surface area contributed by atoms with Gasteiger partial charge in [0.25, 0.3) is 5.91 Å². The number of amides is 2. The van der Waals surface area contributed by atoms with Crippen LogP contribution in [0.4, 0.5) is 0 Å². The molecular formula is C10H9NO4S. The highest BCUT2D eigenvalue weighted by Crippen LogP contribution is 2.19. The Kier molecular flexibility index (Phi) is 2.31. The summed E-state index contributed by atoms with van der Waals surface area (Å²) in [6.45, 7) is 0. The summed E-state index contributed by atoms with van der Waals surface area (Å²) in [6.07, 6.45) is 1.11. The van der Waals surface area contributed by atoms with Crippen LogP contribution in [-0.2, 0) is 21.1 Å². The molecule has 0 aromatic heterocycles. The first-order valence-corrected chi connectivity index (χ1v) is 6.44. The molecule has 0 fully saturated rings. The van der Waals surface area contributed by atoms with E-state index in [-0.39, 0.29) is 11.3 Å². The fourth-order valence-electron chi connectivity index (χ4n) is 1.58. The van der Waals surface area contributed by atoms with Gasteiger partial charge in [-0.1, -0.05) is 0 Å². The molecule has 0 atom stereocenters. The first kappa shape index (κ1) is 10.8. The van der Waals surface area contributed by atoms with Crippen LogP contribution in [0.5, 0.6) is 0 Å². The largest absolute Gasteiger partial charge is 0.292 e. The standard InChI is InChI=1S/C10H9NO4S/c1-16(14,15)7-2-3-8-6(4-7)5-9(12)11-10(8)13/h2-4H,5H2,1H3,(H,11,12,13). The Labute approximate surface area is 92.4 Å². The third-order valence-electron chi connectivity index (χ3n) is 2.35. The molecule has 1 N–H and O–H groups in total. The molecule has 0 spiro atoms. The van der Waals surface area contributed by atoms with Gasteiger partial charge in [0, 0.05) is 11.8 Å². The van der Waals surface area contributed by atoms with E-state index >= 15 is 0 Å². The van der Waals surface area contributed by atoms with E-state index in [0.717, 1.165) is 6.26 Å². The third kappa shape index (κ3) is 1.83. The van der Waals surface area contributed by atoms with Crippen molar-refractivity contribution in [2.45, 2.75) is 11.3 Å². The van der Waals surface area contributed by atoms with E-state index in [1.165, 1.54) is 18.2 Å². The van der Waals surface area contributed by atoms with E-state index in [1.54, 1.807) is 0 Å². The molecule has 16 heavy (non-hydrogen) atoms. The van der Waals surface area contributed by atoms with Crippen LogP contribution in [-0.4, -0.2) is 26.5 Å². The van der Waals surface area contributed by atoms with Crippen molar-refractivity contribution in [2.24, 2.45) is 0 Å². The molecule has 0 bridgehead atoms. The van der Waals surface area contributed by atoms with Gasteiger partial charge in [-0.05, 0) is 23.8 Å². The molecule has 0 aliphatic carbocycles. The first-order valence-electron chi connectivity index (χ1n) is 4.55. The number of carbonyl (C=O) groups is 2. The molecule has 84 valence electrons. The van der Waals surface area contributed by atoms with E-state index in [0.29, 0.717) is 11.1 Å². The normalized spacial score (nSPS) is 15.6. The van der Waals surface area contributed by atoms with E-state index < -0.39 is 21.7 Å². The molecule has 1 aliphatic rings. The van der Waals surface area contributed by atoms with Gasteiger partial charge < -0.3 is 0 Å². The molecule has 2 amide bonds. The first-order chi connectivity index (χ1) is 7.38. The number of carbonyl (C=O) groups excluding carboxylic acids is 2. The third-order valence-corrected chi connectivity index (χ3v) is 3.46. The molecule has 1 aromatic rings. The minimum atomic E-state index is -3.31. The number of benzene rings is 1. The average molecular weight is 239 g/mol. The summed E-state index contributed by atoms with van der Waals surface area (Å²) >= 11 is 0. The lowest BCUT2D eigenvalue weighted by molar-refractivity contribution is -0.119. The van der Waals surface area contributed by atoms with Gasteiger partial charge >= 0.3 is 0 Å². The number of fused-ring (bicyclic) bond motifs is 1. The molecule has 1 heterocycles. The van der Waals surface area contributed by atoms with Crippen LogP contribution in [0.15, 0.2) is 23.1 Å². The topological polar surface area (TPSA) is 80.3 Å². The molecule has 0 saturated carbocycles. The number of nitrogens with one attached hydrogen (secondary N) is 1. The second-order valence-electron chi connectivity index (χ2n) is 3.65. The zero-order valence-electron chi connectivity index (χ0n) is 8.48. The van der Waals surface area contributed by atoms with Gasteiger partial charge in [0.05, 0.1) is 11.3 Å². The van der Waals surface area contributed by atoms with E-state index in [1.807, 2.05) is 0 Å². The Hall–Kier alpha value is -1.69. The zero-order chi connectivity index (χ0) is 11.9. The van der Waals surface area contributed by atoms with Crippen LogP contribution < -0.4 is 5.32 Å². The maximum atomic E-state index is 11.4. The summed E-state index contributed by atoms with van der Waals surface area (Å²) in [5, 5.41) is 2.17. The minimum Gasteiger partial charge on any atom is -0.292 e. The lowest BCUT2D eigenvalue weighted by atomic mass is 10.0. The van der Waals surface area contributed by atoms with Gasteiger partial charge in [-0.2, -0.15) is 0 Å². The van der Waals surface area contributed by atoms with Crippen molar-refractivity contribution in [3.05, 3.63) is 29.3 Å². The molecule has 0 unspecified atom stereocenters. The van der Waals surface area contributed by atoms with Gasteiger partial charge in [0.15, 0.2) is 9.84 Å². The van der Waals surface area contributed by atoms with Crippen molar-refractivity contribution in [2.75, 3.05) is 6.26 Å². The fraction of sp³-hybridized carbons (Fsp3) is 0.200. The minimum absolute atomic E-state index is 0.0322. The number of sulfone groups is 1. The smallest absolute Gasteiger partial charge is 0.258 e. The number of hydrogen-bond donors (Lipinski definition) is 1. The predicted octanol–water partition coefficient (Wildman–Crippen LogP) is -0.0974. The molecule has 5 nitrogen and oxygen atoms in total. The Morgan fingerprint density at radius 3 is 2.56 bits per heavy atom. The van der Waals surface area contributed by atoms with E-state index in [9.17, 15) is 18.0 Å². The molecule has 1 aliphatic heterocycles. The van der Waals surface area contributed by atoms with Crippen molar-refractivity contribution >= 4 is 21.7 Å². The van der Waals surface area contributed by atoms with Crippen molar-refractivity contribution in [1.82, 2.24) is 5.32 Å². The summed E-state index contributed by atoms with van der Waals surface area (Å²) in [5.41, 5.74) is 0.809. The molecule has 6 heteroatoms. The summed E-state index contributed by atoms with van der Waals surface area (Å²) < 4.78 is 22.6. The van der Waals surface area contributed by atoms with Crippen LogP contribution in [0.2, 0.25) is 0 Å². The lowest BCUT2D eigenvalue weighted by Crippen LogP contribution is -2.37. The van der Waals surface area contributed by atoms with Gasteiger partial charge in [0.2, 0.25) is 5.91 Å². The molecular weight excluding hydrogens is 230 g/mol. The predicted molar refractivity (Wildman–Crippen MR) is 55.7 cm³/mol. The number of imide groups is 1. The zero-order valence-corrected chi connectivity index (χ0v) is 9.30. The Balaban J connectivity index is 2.59. The second kappa shape index (κ2) is 3.41. The fourth-order valence-corrected chi connectivity index (χ4v) is 2.25. The Morgan fingerprint density at radius 1 is 1.25 bits per heavy atom. The van der Waals surface area contributed by atoms with Crippen LogP contribution in [0.1, 0.15) is 15.9 Å². The van der Waals surface area contributed by atoms with E-state index in [4.69, 9.17) is 0 Å². The highest BCUT2D eigenvalue weighted by atomic mass is 32.2. The average Bonchev–Trinajstić information content (AvgIpc) is 2.15. The van der Waals surface area contributed by atoms with Gasteiger partial charge in [-0.25, -0.2) is 8.42 Å². The highest BCUT2D eigenvalue weighted by Gasteiger charge is 2.23. The Morgan fingerprint density at radius 2 is 1.94 bits per heavy atom. The van der Waals surface area contributed by atoms with Gasteiger partial charge in [0.1, 0.15) is 0 Å². The second-order valence-corrected chi connectivity index (χ2v) is 5.66. The van der Waals surface area contributed by atoms with Gasteiger partial charge in [-0.15, -0.1) is 0 Å². The molecule has 2 rings (SSSR count). The summed E-state index contributed by atoms with van der Waals surface area (Å²) in [4.78, 5) is 22.6. The van der Waals surface area contributed by atoms with Crippen LogP contribution >= 0.6 is 0 Å². The van der Waals surface area contributed by atoms with Crippen molar-refractivity contribution in [1.29, 1.82) is 0 Å². The molecule has 0 radical (unpaired) electrons. The van der Waals surface area contributed by atoms with Crippen molar-refractivity contribution < 1.29 is 18.0 Å². The monoisotopic (exact) mass is 239 g/mol. The highest BCUT2D eigenvalue weighted by molar-refractivity contribution is 7.90. The van der Waals surface area contributed by atoms with Crippen molar-refractivity contribution in [3.8, 4) is 0 Å². The number of rotatable bonds is 1.